The molecule has 0 saturated carbocycles. The molecule has 1 atom stereocenters. The third-order valence-electron chi connectivity index (χ3n) is 1.68. The first-order chi connectivity index (χ1) is 5.28. The first-order valence-corrected chi connectivity index (χ1v) is 3.58. The summed E-state index contributed by atoms with van der Waals surface area (Å²) < 4.78 is 0. The second-order valence-corrected chi connectivity index (χ2v) is 3.41. The highest BCUT2D eigenvalue weighted by Gasteiger charge is 2.39. The van der Waals surface area contributed by atoms with Crippen LogP contribution in [0, 0.1) is 5.41 Å². The monoisotopic (exact) mass is 169 g/mol. The lowest BCUT2D eigenvalue weighted by Gasteiger charge is -2.24. The van der Waals surface area contributed by atoms with Crippen molar-refractivity contribution in [3.63, 3.8) is 0 Å². The predicted molar refractivity (Wildman–Crippen MR) is 45.3 cm³/mol. The summed E-state index contributed by atoms with van der Waals surface area (Å²) in [5.74, 6) is -0.597. The Morgan fingerprint density at radius 2 is 1.92 bits per heavy atom. The summed E-state index contributed by atoms with van der Waals surface area (Å²) in [6, 6.07) is 0. The van der Waals surface area contributed by atoms with Gasteiger partial charge in [-0.15, -0.1) is 0 Å². The fraction of sp³-hybridized carbons (Fsp3) is 0.556. The van der Waals surface area contributed by atoms with Gasteiger partial charge in [-0.3, -0.25) is 9.59 Å². The van der Waals surface area contributed by atoms with Gasteiger partial charge in [0.2, 0.25) is 6.29 Å². The first kappa shape index (κ1) is 11.0. The third-order valence-corrected chi connectivity index (χ3v) is 1.68. The van der Waals surface area contributed by atoms with Crippen molar-refractivity contribution in [1.82, 2.24) is 0 Å². The molecule has 0 aromatic heterocycles. The normalized spacial score (nSPS) is 16.3. The van der Waals surface area contributed by atoms with E-state index in [1.165, 1.54) is 20.8 Å². The highest BCUT2D eigenvalue weighted by atomic mass is 16.3. The molecule has 0 bridgehead atoms. The van der Waals surface area contributed by atoms with Crippen LogP contribution < -0.4 is 0 Å². The molecule has 0 amide bonds. The number of aliphatic hydroxyl groups is 1. The van der Waals surface area contributed by atoms with Crippen molar-refractivity contribution < 1.29 is 14.7 Å². The van der Waals surface area contributed by atoms with E-state index >= 15 is 0 Å². The maximum Gasteiger partial charge on any atom is 0.212 e. The fourth-order valence-electron chi connectivity index (χ4n) is 0.772. The van der Waals surface area contributed by atoms with Crippen LogP contribution in [-0.4, -0.2) is 22.8 Å². The number of carbonyl (C=O) groups excluding carboxylic acids is 2. The molecule has 0 heterocycles. The summed E-state index contributed by atoms with van der Waals surface area (Å²) in [5.41, 5.74) is -2.93. The molecule has 67 valence electrons. The Kier molecular flexibility index (Phi) is 2.93. The van der Waals surface area contributed by atoms with Gasteiger partial charge in [-0.2, -0.15) is 0 Å². The summed E-state index contributed by atoms with van der Waals surface area (Å²) in [5, 5.41) is 9.41. The number of ketones is 1. The standard InChI is InChI=1S/C9H13O3/c1-5-9(4,12)7(11)8(2,3)6-10/h5,12H,1H2,2-4H3. The Hall–Kier alpha value is -0.960. The van der Waals surface area contributed by atoms with E-state index in [0.717, 1.165) is 6.08 Å². The molecular weight excluding hydrogens is 156 g/mol. The molecule has 1 radical (unpaired) electrons. The Bertz CT molecular complexity index is 192. The van der Waals surface area contributed by atoms with Crippen molar-refractivity contribution in [2.24, 2.45) is 5.41 Å². The molecule has 0 saturated heterocycles. The minimum absolute atomic E-state index is 0.597. The van der Waals surface area contributed by atoms with Gasteiger partial charge in [-0.05, 0) is 20.8 Å². The van der Waals surface area contributed by atoms with Crippen molar-refractivity contribution in [3.8, 4) is 0 Å². The van der Waals surface area contributed by atoms with Crippen molar-refractivity contribution in [2.75, 3.05) is 0 Å². The molecule has 0 fully saturated rings. The predicted octanol–water partition coefficient (Wildman–Crippen LogP) is 0.628. The maximum atomic E-state index is 11.4. The van der Waals surface area contributed by atoms with Gasteiger partial charge < -0.3 is 5.11 Å². The van der Waals surface area contributed by atoms with Gasteiger partial charge in [0.05, 0.1) is 5.41 Å². The summed E-state index contributed by atoms with van der Waals surface area (Å²) >= 11 is 0. The molecule has 1 N–H and O–H groups in total. The molecule has 0 aliphatic rings. The van der Waals surface area contributed by atoms with Gasteiger partial charge in [0.1, 0.15) is 5.60 Å². The molecule has 3 nitrogen and oxygen atoms in total. The molecule has 0 rings (SSSR count). The first-order valence-electron chi connectivity index (χ1n) is 3.58. The van der Waals surface area contributed by atoms with Gasteiger partial charge in [-0.25, -0.2) is 0 Å². The van der Waals surface area contributed by atoms with Gasteiger partial charge in [0, 0.05) is 0 Å². The molecular formula is C9H13O3. The zero-order chi connectivity index (χ0) is 9.99. The third kappa shape index (κ3) is 2.01. The highest BCUT2D eigenvalue weighted by molar-refractivity contribution is 6.03. The number of carbonyl (C=O) groups is 1. The number of rotatable bonds is 4. The van der Waals surface area contributed by atoms with Crippen molar-refractivity contribution in [1.29, 1.82) is 0 Å². The molecule has 3 heteroatoms. The SMILES string of the molecule is C=CC(C)(O)C(=O)C(C)(C)[C]=O. The summed E-state index contributed by atoms with van der Waals surface area (Å²) in [6.45, 7) is 7.40. The summed E-state index contributed by atoms with van der Waals surface area (Å²) in [6.07, 6.45) is 2.68. The molecule has 0 aromatic rings. The lowest BCUT2D eigenvalue weighted by Crippen LogP contribution is -2.43. The van der Waals surface area contributed by atoms with Crippen LogP contribution in [0.5, 0.6) is 0 Å². The number of Topliss-reactive ketones (excluding diaryl/α,β-unsaturated/α-hetero) is 1. The highest BCUT2D eigenvalue weighted by Crippen LogP contribution is 2.21. The maximum absolute atomic E-state index is 11.4. The summed E-state index contributed by atoms with van der Waals surface area (Å²) in [4.78, 5) is 21.7. The minimum atomic E-state index is -1.65. The van der Waals surface area contributed by atoms with Crippen LogP contribution in [0.3, 0.4) is 0 Å². The second-order valence-electron chi connectivity index (χ2n) is 3.41. The quantitative estimate of drug-likeness (QED) is 0.496. The molecule has 0 aliphatic heterocycles. The van der Waals surface area contributed by atoms with E-state index in [4.69, 9.17) is 0 Å². The lowest BCUT2D eigenvalue weighted by atomic mass is 9.81. The van der Waals surface area contributed by atoms with Crippen LogP contribution in [0.15, 0.2) is 12.7 Å². The lowest BCUT2D eigenvalue weighted by molar-refractivity contribution is -0.137. The van der Waals surface area contributed by atoms with Crippen LogP contribution in [0.2, 0.25) is 0 Å². The van der Waals surface area contributed by atoms with E-state index < -0.39 is 16.8 Å². The second kappa shape index (κ2) is 3.19. The zero-order valence-electron chi connectivity index (χ0n) is 7.55. The van der Waals surface area contributed by atoms with Crippen molar-refractivity contribution >= 4 is 12.1 Å². The summed E-state index contributed by atoms with van der Waals surface area (Å²) in [7, 11) is 0. The molecule has 12 heavy (non-hydrogen) atoms. The Labute approximate surface area is 72.1 Å². The number of hydrogen-bond acceptors (Lipinski definition) is 3. The van der Waals surface area contributed by atoms with E-state index in [0.29, 0.717) is 0 Å². The van der Waals surface area contributed by atoms with E-state index in [1.54, 1.807) is 6.29 Å². The topological polar surface area (TPSA) is 54.4 Å². The molecule has 0 spiro atoms. The van der Waals surface area contributed by atoms with Gasteiger partial charge in [0.25, 0.3) is 0 Å². The van der Waals surface area contributed by atoms with Crippen molar-refractivity contribution in [2.45, 2.75) is 26.4 Å². The van der Waals surface area contributed by atoms with Crippen molar-refractivity contribution in [3.05, 3.63) is 12.7 Å². The van der Waals surface area contributed by atoms with E-state index in [-0.39, 0.29) is 0 Å². The minimum Gasteiger partial charge on any atom is -0.378 e. The largest absolute Gasteiger partial charge is 0.378 e. The zero-order valence-corrected chi connectivity index (χ0v) is 7.55. The molecule has 0 aromatic carbocycles. The Morgan fingerprint density at radius 1 is 1.50 bits per heavy atom. The average Bonchev–Trinajstić information content (AvgIpc) is 2.03. The van der Waals surface area contributed by atoms with Gasteiger partial charge >= 0.3 is 0 Å². The fourth-order valence-corrected chi connectivity index (χ4v) is 0.772. The van der Waals surface area contributed by atoms with Crippen LogP contribution in [0.4, 0.5) is 0 Å². The van der Waals surface area contributed by atoms with Gasteiger partial charge in [0.15, 0.2) is 5.78 Å². The van der Waals surface area contributed by atoms with E-state index in [1.807, 2.05) is 0 Å². The van der Waals surface area contributed by atoms with Crippen LogP contribution >= 0.6 is 0 Å². The van der Waals surface area contributed by atoms with Crippen LogP contribution in [-0.2, 0) is 9.59 Å². The van der Waals surface area contributed by atoms with Crippen LogP contribution in [0.1, 0.15) is 20.8 Å². The Morgan fingerprint density at radius 3 is 2.17 bits per heavy atom. The average molecular weight is 169 g/mol. The van der Waals surface area contributed by atoms with E-state index in [9.17, 15) is 14.7 Å². The van der Waals surface area contributed by atoms with Crippen LogP contribution in [0.25, 0.3) is 0 Å². The number of hydrogen-bond donors (Lipinski definition) is 1. The molecule has 1 unspecified atom stereocenters. The molecule has 0 aliphatic carbocycles. The van der Waals surface area contributed by atoms with Gasteiger partial charge in [-0.1, -0.05) is 12.7 Å². The smallest absolute Gasteiger partial charge is 0.212 e. The van der Waals surface area contributed by atoms with E-state index in [2.05, 4.69) is 6.58 Å². The Balaban J connectivity index is 4.83.